The number of ketones is 1. The van der Waals surface area contributed by atoms with E-state index in [9.17, 15) is 4.79 Å². The molecule has 0 bridgehead atoms. The molecule has 2 rings (SSSR count). The summed E-state index contributed by atoms with van der Waals surface area (Å²) in [5.41, 5.74) is 2.78. The first-order valence-corrected chi connectivity index (χ1v) is 13.2. The lowest BCUT2D eigenvalue weighted by molar-refractivity contribution is -0.122. The molecule has 4 nitrogen and oxygen atoms in total. The monoisotopic (exact) mass is 443 g/mol. The Labute approximate surface area is 198 Å². The van der Waals surface area contributed by atoms with Gasteiger partial charge in [0.25, 0.3) is 0 Å². The van der Waals surface area contributed by atoms with Gasteiger partial charge in [0.05, 0.1) is 0 Å². The number of benzene rings is 1. The first kappa shape index (κ1) is 26.9. The van der Waals surface area contributed by atoms with Crippen molar-refractivity contribution in [2.24, 2.45) is 5.92 Å². The van der Waals surface area contributed by atoms with E-state index in [1.165, 1.54) is 69.4 Å². The quantitative estimate of drug-likeness (QED) is 0.311. The molecule has 1 heterocycles. The Morgan fingerprint density at radius 1 is 0.844 bits per heavy atom. The summed E-state index contributed by atoms with van der Waals surface area (Å²) in [6.45, 7) is 15.4. The maximum Gasteiger partial charge on any atom is 0.135 e. The van der Waals surface area contributed by atoms with E-state index in [1.54, 1.807) is 0 Å². The molecule has 0 unspecified atom stereocenters. The first-order chi connectivity index (χ1) is 15.4. The van der Waals surface area contributed by atoms with Gasteiger partial charge in [0.2, 0.25) is 0 Å². The van der Waals surface area contributed by atoms with Gasteiger partial charge in [-0.2, -0.15) is 0 Å². The number of rotatable bonds is 15. The van der Waals surface area contributed by atoms with Gasteiger partial charge in [-0.1, -0.05) is 58.1 Å². The molecule has 0 radical (unpaired) electrons. The molecule has 0 spiro atoms. The van der Waals surface area contributed by atoms with Gasteiger partial charge in [-0.3, -0.25) is 9.69 Å². The molecule has 32 heavy (non-hydrogen) atoms. The Kier molecular flexibility index (Phi) is 12.3. The summed E-state index contributed by atoms with van der Waals surface area (Å²) in [6, 6.07) is 9.89. The number of nitrogens with zero attached hydrogens (tertiary/aromatic N) is 3. The second-order valence-electron chi connectivity index (χ2n) is 10.4. The van der Waals surface area contributed by atoms with Crippen molar-refractivity contribution in [3.05, 3.63) is 29.8 Å². The summed E-state index contributed by atoms with van der Waals surface area (Å²) in [5.74, 6) is 0.628. The first-order valence-electron chi connectivity index (χ1n) is 13.2. The van der Waals surface area contributed by atoms with Crippen molar-refractivity contribution >= 4 is 11.5 Å². The van der Waals surface area contributed by atoms with Crippen molar-refractivity contribution in [3.63, 3.8) is 0 Å². The molecule has 1 fully saturated rings. The lowest BCUT2D eigenvalue weighted by Crippen LogP contribution is -2.48. The van der Waals surface area contributed by atoms with Crippen LogP contribution in [0.5, 0.6) is 0 Å². The zero-order valence-electron chi connectivity index (χ0n) is 21.6. The van der Waals surface area contributed by atoms with Gasteiger partial charge < -0.3 is 9.80 Å². The van der Waals surface area contributed by atoms with Gasteiger partial charge in [0.15, 0.2) is 0 Å². The number of piperazine rings is 1. The normalized spacial score (nSPS) is 15.3. The standard InChI is InChI=1S/C28H49N3O/c1-24(2)28(32)13-11-9-7-6-8-10-12-18-29(5)23-26-14-16-27(17-15-26)31-21-19-30(20-22-31)25(3)4/h14-17,24-25H,6-13,18-23H2,1-5H3. The Morgan fingerprint density at radius 3 is 1.97 bits per heavy atom. The fourth-order valence-corrected chi connectivity index (χ4v) is 4.55. The van der Waals surface area contributed by atoms with E-state index in [2.05, 4.69) is 59.9 Å². The minimum absolute atomic E-state index is 0.204. The van der Waals surface area contributed by atoms with Gasteiger partial charge in [0, 0.05) is 56.8 Å². The fourth-order valence-electron chi connectivity index (χ4n) is 4.55. The second-order valence-corrected chi connectivity index (χ2v) is 10.4. The highest BCUT2D eigenvalue weighted by molar-refractivity contribution is 5.80. The van der Waals surface area contributed by atoms with E-state index in [0.29, 0.717) is 11.8 Å². The molecule has 0 aromatic heterocycles. The predicted octanol–water partition coefficient (Wildman–Crippen LogP) is 5.99. The fraction of sp³-hybridized carbons (Fsp3) is 0.750. The third-order valence-corrected chi connectivity index (χ3v) is 6.91. The van der Waals surface area contributed by atoms with Crippen LogP contribution in [-0.4, -0.2) is 61.4 Å². The number of unbranched alkanes of at least 4 members (excludes halogenated alkanes) is 6. The van der Waals surface area contributed by atoms with E-state index in [-0.39, 0.29) is 5.92 Å². The number of Topliss-reactive ketones (excluding diaryl/α,β-unsaturated/α-hetero) is 1. The van der Waals surface area contributed by atoms with Crippen LogP contribution < -0.4 is 4.90 Å². The molecule has 4 heteroatoms. The Hall–Kier alpha value is -1.39. The van der Waals surface area contributed by atoms with Gasteiger partial charge in [-0.05, 0) is 58.0 Å². The summed E-state index contributed by atoms with van der Waals surface area (Å²) in [4.78, 5) is 19.2. The molecule has 1 aliphatic heterocycles. The Bertz CT molecular complexity index is 633. The molecule has 182 valence electrons. The number of anilines is 1. The smallest absolute Gasteiger partial charge is 0.135 e. The molecule has 0 N–H and O–H groups in total. The van der Waals surface area contributed by atoms with Crippen molar-refractivity contribution in [1.82, 2.24) is 9.80 Å². The number of carbonyl (C=O) groups is 1. The van der Waals surface area contributed by atoms with Crippen LogP contribution in [0.25, 0.3) is 0 Å². The van der Waals surface area contributed by atoms with Crippen molar-refractivity contribution < 1.29 is 4.79 Å². The maximum absolute atomic E-state index is 11.6. The van der Waals surface area contributed by atoms with Gasteiger partial charge in [-0.25, -0.2) is 0 Å². The van der Waals surface area contributed by atoms with Crippen molar-refractivity contribution in [1.29, 1.82) is 0 Å². The molecular weight excluding hydrogens is 394 g/mol. The molecular formula is C28H49N3O. The van der Waals surface area contributed by atoms with E-state index < -0.39 is 0 Å². The average Bonchev–Trinajstić information content (AvgIpc) is 2.78. The molecule has 0 aliphatic carbocycles. The van der Waals surface area contributed by atoms with Gasteiger partial charge in [0.1, 0.15) is 5.78 Å². The summed E-state index contributed by atoms with van der Waals surface area (Å²) in [7, 11) is 2.24. The van der Waals surface area contributed by atoms with Crippen molar-refractivity contribution in [2.75, 3.05) is 44.7 Å². The van der Waals surface area contributed by atoms with E-state index in [4.69, 9.17) is 0 Å². The summed E-state index contributed by atoms with van der Waals surface area (Å²) >= 11 is 0. The van der Waals surface area contributed by atoms with Crippen molar-refractivity contribution in [2.45, 2.75) is 91.6 Å². The van der Waals surface area contributed by atoms with Crippen LogP contribution in [-0.2, 0) is 11.3 Å². The molecule has 1 aromatic carbocycles. The number of hydrogen-bond donors (Lipinski definition) is 0. The van der Waals surface area contributed by atoms with Gasteiger partial charge >= 0.3 is 0 Å². The number of hydrogen-bond acceptors (Lipinski definition) is 4. The van der Waals surface area contributed by atoms with Crippen molar-refractivity contribution in [3.8, 4) is 0 Å². The van der Waals surface area contributed by atoms with Crippen LogP contribution in [0.1, 0.15) is 84.6 Å². The average molecular weight is 444 g/mol. The van der Waals surface area contributed by atoms with Crippen LogP contribution in [0.4, 0.5) is 5.69 Å². The highest BCUT2D eigenvalue weighted by atomic mass is 16.1. The second kappa shape index (κ2) is 14.7. The molecule has 1 saturated heterocycles. The highest BCUT2D eigenvalue weighted by Gasteiger charge is 2.18. The summed E-state index contributed by atoms with van der Waals surface area (Å²) in [6.07, 6.45) is 9.57. The zero-order valence-corrected chi connectivity index (χ0v) is 21.6. The van der Waals surface area contributed by atoms with Crippen LogP contribution in [0.2, 0.25) is 0 Å². The van der Waals surface area contributed by atoms with Crippen LogP contribution in [0, 0.1) is 5.92 Å². The number of carbonyl (C=O) groups excluding carboxylic acids is 1. The third-order valence-electron chi connectivity index (χ3n) is 6.91. The molecule has 1 aromatic rings. The lowest BCUT2D eigenvalue weighted by Gasteiger charge is -2.38. The topological polar surface area (TPSA) is 26.8 Å². The Morgan fingerprint density at radius 2 is 1.41 bits per heavy atom. The van der Waals surface area contributed by atoms with Crippen LogP contribution in [0.15, 0.2) is 24.3 Å². The van der Waals surface area contributed by atoms with Crippen LogP contribution in [0.3, 0.4) is 0 Å². The zero-order chi connectivity index (χ0) is 23.3. The van der Waals surface area contributed by atoms with E-state index in [1.807, 2.05) is 13.8 Å². The largest absolute Gasteiger partial charge is 0.369 e. The van der Waals surface area contributed by atoms with Gasteiger partial charge in [-0.15, -0.1) is 0 Å². The summed E-state index contributed by atoms with van der Waals surface area (Å²) < 4.78 is 0. The molecule has 1 aliphatic rings. The minimum atomic E-state index is 0.204. The predicted molar refractivity (Wildman–Crippen MR) is 138 cm³/mol. The Balaban J connectivity index is 1.53. The summed E-state index contributed by atoms with van der Waals surface area (Å²) in [5, 5.41) is 0. The van der Waals surface area contributed by atoms with E-state index >= 15 is 0 Å². The maximum atomic E-state index is 11.6. The van der Waals surface area contributed by atoms with Crippen LogP contribution >= 0.6 is 0 Å². The van der Waals surface area contributed by atoms with E-state index in [0.717, 1.165) is 32.5 Å². The SMILES string of the molecule is CC(C)C(=O)CCCCCCCCCN(C)Cc1ccc(N2CCN(C(C)C)CC2)cc1. The third kappa shape index (κ3) is 10.0. The minimum Gasteiger partial charge on any atom is -0.369 e. The molecule has 0 atom stereocenters. The molecule has 0 saturated carbocycles. The lowest BCUT2D eigenvalue weighted by atomic mass is 10.0. The highest BCUT2D eigenvalue weighted by Crippen LogP contribution is 2.19. The molecule has 0 amide bonds.